The van der Waals surface area contributed by atoms with Gasteiger partial charge in [0, 0.05) is 12.8 Å². The van der Waals surface area contributed by atoms with E-state index < -0.39 is 9.84 Å². The molecular weight excluding hydrogens is 290 g/mol. The molecule has 0 saturated heterocycles. The summed E-state index contributed by atoms with van der Waals surface area (Å²) in [4.78, 5) is 12.1. The van der Waals surface area contributed by atoms with E-state index in [4.69, 9.17) is 4.74 Å². The maximum Gasteiger partial charge on any atom is 0.323 e. The maximum atomic E-state index is 11.8. The summed E-state index contributed by atoms with van der Waals surface area (Å²) in [5.41, 5.74) is 0.924. The highest BCUT2D eigenvalue weighted by Gasteiger charge is 2.17. The van der Waals surface area contributed by atoms with E-state index in [9.17, 15) is 13.2 Å². The molecule has 21 heavy (non-hydrogen) atoms. The van der Waals surface area contributed by atoms with Crippen LogP contribution < -0.4 is 5.32 Å². The SMILES string of the molecule is CCCC(NCc1ccc(S(C)(=O)=O)cc1)C(=O)OCC. The van der Waals surface area contributed by atoms with Crippen molar-refractivity contribution in [3.05, 3.63) is 29.8 Å². The molecule has 0 aliphatic rings. The van der Waals surface area contributed by atoms with Crippen molar-refractivity contribution in [2.75, 3.05) is 12.9 Å². The van der Waals surface area contributed by atoms with Crippen LogP contribution in [0.5, 0.6) is 0 Å². The van der Waals surface area contributed by atoms with E-state index in [0.717, 1.165) is 12.0 Å². The van der Waals surface area contributed by atoms with Crippen molar-refractivity contribution in [1.82, 2.24) is 5.32 Å². The van der Waals surface area contributed by atoms with Crippen molar-refractivity contribution in [2.45, 2.75) is 44.2 Å². The highest BCUT2D eigenvalue weighted by atomic mass is 32.2. The van der Waals surface area contributed by atoms with Crippen LogP contribution in [0.3, 0.4) is 0 Å². The van der Waals surface area contributed by atoms with Gasteiger partial charge in [0.15, 0.2) is 9.84 Å². The third-order valence-electron chi connectivity index (χ3n) is 3.05. The van der Waals surface area contributed by atoms with E-state index in [1.54, 1.807) is 31.2 Å². The summed E-state index contributed by atoms with van der Waals surface area (Å²) in [5.74, 6) is -0.243. The highest BCUT2D eigenvalue weighted by molar-refractivity contribution is 7.90. The van der Waals surface area contributed by atoms with Crippen LogP contribution in [0.4, 0.5) is 0 Å². The molecule has 5 nitrogen and oxygen atoms in total. The molecule has 1 rings (SSSR count). The van der Waals surface area contributed by atoms with Gasteiger partial charge in [0.1, 0.15) is 6.04 Å². The van der Waals surface area contributed by atoms with Gasteiger partial charge >= 0.3 is 5.97 Å². The van der Waals surface area contributed by atoms with E-state index in [1.807, 2.05) is 6.92 Å². The summed E-state index contributed by atoms with van der Waals surface area (Å²) >= 11 is 0. The molecule has 0 radical (unpaired) electrons. The lowest BCUT2D eigenvalue weighted by atomic mass is 10.1. The highest BCUT2D eigenvalue weighted by Crippen LogP contribution is 2.11. The van der Waals surface area contributed by atoms with Crippen LogP contribution in [-0.4, -0.2) is 33.3 Å². The number of carbonyl (C=O) groups is 1. The van der Waals surface area contributed by atoms with Crippen LogP contribution in [0.1, 0.15) is 32.3 Å². The van der Waals surface area contributed by atoms with Crippen molar-refractivity contribution < 1.29 is 17.9 Å². The number of rotatable bonds is 8. The van der Waals surface area contributed by atoms with Gasteiger partial charge in [-0.1, -0.05) is 25.5 Å². The molecule has 1 unspecified atom stereocenters. The Balaban J connectivity index is 2.65. The fraction of sp³-hybridized carbons (Fsp3) is 0.533. The zero-order chi connectivity index (χ0) is 15.9. The smallest absolute Gasteiger partial charge is 0.323 e. The molecule has 0 amide bonds. The Labute approximate surface area is 126 Å². The van der Waals surface area contributed by atoms with Gasteiger partial charge in [0.25, 0.3) is 0 Å². The summed E-state index contributed by atoms with van der Waals surface area (Å²) < 4.78 is 27.8. The quantitative estimate of drug-likeness (QED) is 0.742. The van der Waals surface area contributed by atoms with Gasteiger partial charge in [-0.15, -0.1) is 0 Å². The number of hydrogen-bond acceptors (Lipinski definition) is 5. The summed E-state index contributed by atoms with van der Waals surface area (Å²) in [6, 6.07) is 6.32. The molecule has 118 valence electrons. The Hall–Kier alpha value is -1.40. The first-order valence-corrected chi connectivity index (χ1v) is 8.96. The molecule has 1 aromatic rings. The molecule has 1 atom stereocenters. The topological polar surface area (TPSA) is 72.5 Å². The van der Waals surface area contributed by atoms with Gasteiger partial charge in [-0.3, -0.25) is 4.79 Å². The normalized spacial score (nSPS) is 12.9. The molecule has 0 heterocycles. The first-order valence-electron chi connectivity index (χ1n) is 7.07. The van der Waals surface area contributed by atoms with Crippen molar-refractivity contribution in [3.63, 3.8) is 0 Å². The molecule has 0 bridgehead atoms. The predicted octanol–water partition coefficient (Wildman–Crippen LogP) is 1.91. The third-order valence-corrected chi connectivity index (χ3v) is 4.18. The Morgan fingerprint density at radius 2 is 1.86 bits per heavy atom. The molecule has 1 aromatic carbocycles. The number of carbonyl (C=O) groups excluding carboxylic acids is 1. The lowest BCUT2D eigenvalue weighted by molar-refractivity contribution is -0.145. The Kier molecular flexibility index (Phi) is 6.84. The van der Waals surface area contributed by atoms with Gasteiger partial charge < -0.3 is 10.1 Å². The first kappa shape index (κ1) is 17.7. The summed E-state index contributed by atoms with van der Waals surface area (Å²) in [6.45, 7) is 4.65. The van der Waals surface area contributed by atoms with Crippen molar-refractivity contribution >= 4 is 15.8 Å². The van der Waals surface area contributed by atoms with Crippen LogP contribution in [0.15, 0.2) is 29.2 Å². The van der Waals surface area contributed by atoms with Crippen LogP contribution in [0, 0.1) is 0 Å². The second kappa shape index (κ2) is 8.14. The van der Waals surface area contributed by atoms with E-state index in [-0.39, 0.29) is 12.0 Å². The molecule has 0 fully saturated rings. The van der Waals surface area contributed by atoms with Gasteiger partial charge in [-0.25, -0.2) is 8.42 Å². The van der Waals surface area contributed by atoms with Crippen molar-refractivity contribution in [2.24, 2.45) is 0 Å². The number of nitrogens with one attached hydrogen (secondary N) is 1. The van der Waals surface area contributed by atoms with Gasteiger partial charge in [-0.2, -0.15) is 0 Å². The van der Waals surface area contributed by atoms with E-state index in [0.29, 0.717) is 24.5 Å². The van der Waals surface area contributed by atoms with Crippen LogP contribution in [0.2, 0.25) is 0 Å². The average Bonchev–Trinajstić information content (AvgIpc) is 2.43. The number of esters is 1. The molecule has 0 aliphatic carbocycles. The third kappa shape index (κ3) is 5.85. The molecule has 1 N–H and O–H groups in total. The first-order chi connectivity index (χ1) is 9.88. The zero-order valence-electron chi connectivity index (χ0n) is 12.8. The van der Waals surface area contributed by atoms with Gasteiger partial charge in [-0.05, 0) is 31.0 Å². The Morgan fingerprint density at radius 1 is 1.24 bits per heavy atom. The Bertz CT molecular complexity index is 552. The average molecular weight is 313 g/mol. The lowest BCUT2D eigenvalue weighted by Crippen LogP contribution is -2.37. The Morgan fingerprint density at radius 3 is 2.33 bits per heavy atom. The van der Waals surface area contributed by atoms with E-state index >= 15 is 0 Å². The van der Waals surface area contributed by atoms with Gasteiger partial charge in [0.05, 0.1) is 11.5 Å². The van der Waals surface area contributed by atoms with Crippen molar-refractivity contribution in [1.29, 1.82) is 0 Å². The number of hydrogen-bond donors (Lipinski definition) is 1. The molecule has 0 spiro atoms. The number of sulfone groups is 1. The van der Waals surface area contributed by atoms with Gasteiger partial charge in [0.2, 0.25) is 0 Å². The van der Waals surface area contributed by atoms with E-state index in [2.05, 4.69) is 5.32 Å². The second-order valence-corrected chi connectivity index (χ2v) is 6.91. The molecule has 0 saturated carbocycles. The van der Waals surface area contributed by atoms with Crippen LogP contribution in [0.25, 0.3) is 0 Å². The minimum Gasteiger partial charge on any atom is -0.465 e. The molecule has 0 aliphatic heterocycles. The largest absolute Gasteiger partial charge is 0.465 e. The summed E-state index contributed by atoms with van der Waals surface area (Å²) in [5, 5.41) is 3.16. The zero-order valence-corrected chi connectivity index (χ0v) is 13.6. The van der Waals surface area contributed by atoms with Crippen LogP contribution >= 0.6 is 0 Å². The molecule has 6 heteroatoms. The minimum absolute atomic E-state index is 0.243. The molecular formula is C15H23NO4S. The fourth-order valence-corrected chi connectivity index (χ4v) is 2.56. The summed E-state index contributed by atoms with van der Waals surface area (Å²) in [7, 11) is -3.17. The number of benzene rings is 1. The standard InChI is InChI=1S/C15H23NO4S/c1-4-6-14(15(17)20-5-2)16-11-12-7-9-13(10-8-12)21(3,18)19/h7-10,14,16H,4-6,11H2,1-3H3. The van der Waals surface area contributed by atoms with Crippen molar-refractivity contribution in [3.8, 4) is 0 Å². The summed E-state index contributed by atoms with van der Waals surface area (Å²) in [6.07, 6.45) is 2.77. The van der Waals surface area contributed by atoms with Crippen LogP contribution in [-0.2, 0) is 25.9 Å². The predicted molar refractivity (Wildman–Crippen MR) is 81.7 cm³/mol. The molecule has 0 aromatic heterocycles. The fourth-order valence-electron chi connectivity index (χ4n) is 1.93. The second-order valence-electron chi connectivity index (χ2n) is 4.89. The number of ether oxygens (including phenoxy) is 1. The minimum atomic E-state index is -3.17. The lowest BCUT2D eigenvalue weighted by Gasteiger charge is -2.16. The monoisotopic (exact) mass is 313 g/mol. The van der Waals surface area contributed by atoms with E-state index in [1.165, 1.54) is 6.26 Å². The maximum absolute atomic E-state index is 11.8.